The number of alkyl carbamates (subject to hydrolysis) is 1. The predicted octanol–water partition coefficient (Wildman–Crippen LogP) is 2.64. The second-order valence-electron chi connectivity index (χ2n) is 7.38. The number of hydrogen-bond acceptors (Lipinski definition) is 5. The fourth-order valence-corrected chi connectivity index (χ4v) is 3.90. The second kappa shape index (κ2) is 10.6. The topological polar surface area (TPSA) is 105 Å². The Balaban J connectivity index is 1.68. The fraction of sp³-hybridized carbons (Fsp3) is 0.292. The first-order valence-electron chi connectivity index (χ1n) is 10.2. The molecule has 0 radical (unpaired) electrons. The van der Waals surface area contributed by atoms with Crippen LogP contribution >= 0.6 is 0 Å². The van der Waals surface area contributed by atoms with E-state index in [0.717, 1.165) is 27.2 Å². The summed E-state index contributed by atoms with van der Waals surface area (Å²) in [5.41, 5.74) is 4.37. The second-order valence-corrected chi connectivity index (χ2v) is 7.38. The Labute approximate surface area is 186 Å². The average Bonchev–Trinajstić information content (AvgIpc) is 3.10. The van der Waals surface area contributed by atoms with Crippen LogP contribution in [-0.2, 0) is 19.1 Å². The molecule has 0 heterocycles. The lowest BCUT2D eigenvalue weighted by atomic mass is 9.98. The lowest BCUT2D eigenvalue weighted by molar-refractivity contribution is -0.145. The maximum Gasteiger partial charge on any atom is 0.407 e. The van der Waals surface area contributed by atoms with Crippen molar-refractivity contribution in [3.05, 3.63) is 72.3 Å². The van der Waals surface area contributed by atoms with Crippen molar-refractivity contribution in [1.82, 2.24) is 10.2 Å². The Morgan fingerprint density at radius 2 is 1.72 bits per heavy atom. The lowest BCUT2D eigenvalue weighted by Crippen LogP contribution is -2.52. The molecule has 0 aliphatic heterocycles. The Morgan fingerprint density at radius 3 is 2.25 bits per heavy atom. The van der Waals surface area contributed by atoms with E-state index in [-0.39, 0.29) is 25.7 Å². The highest BCUT2D eigenvalue weighted by Gasteiger charge is 2.31. The third kappa shape index (κ3) is 5.15. The smallest absolute Gasteiger partial charge is 0.407 e. The SMILES string of the molecule is C=CCN(CC(=O)O)C(=O)[C@H](COC)NC(=O)OCC1c2ccccc2-c2ccccc21. The van der Waals surface area contributed by atoms with Crippen LogP contribution in [0.1, 0.15) is 17.0 Å². The number of carbonyl (C=O) groups is 3. The van der Waals surface area contributed by atoms with Crippen LogP contribution in [0.25, 0.3) is 11.1 Å². The molecule has 1 aliphatic rings. The zero-order valence-corrected chi connectivity index (χ0v) is 17.8. The number of hydrogen-bond donors (Lipinski definition) is 2. The van der Waals surface area contributed by atoms with Gasteiger partial charge in [0, 0.05) is 19.6 Å². The third-order valence-electron chi connectivity index (χ3n) is 5.25. The van der Waals surface area contributed by atoms with Gasteiger partial charge in [-0.25, -0.2) is 4.79 Å². The first-order valence-corrected chi connectivity index (χ1v) is 10.2. The van der Waals surface area contributed by atoms with Gasteiger partial charge in [0.1, 0.15) is 19.2 Å². The number of methoxy groups -OCH3 is 1. The molecule has 1 aliphatic carbocycles. The van der Waals surface area contributed by atoms with E-state index in [1.165, 1.54) is 13.2 Å². The molecule has 168 valence electrons. The van der Waals surface area contributed by atoms with E-state index >= 15 is 0 Å². The van der Waals surface area contributed by atoms with E-state index in [9.17, 15) is 14.4 Å². The number of fused-ring (bicyclic) bond motifs is 3. The minimum absolute atomic E-state index is 0.0255. The molecule has 32 heavy (non-hydrogen) atoms. The third-order valence-corrected chi connectivity index (χ3v) is 5.25. The molecule has 0 aromatic heterocycles. The first kappa shape index (κ1) is 23.0. The van der Waals surface area contributed by atoms with Crippen LogP contribution in [0.4, 0.5) is 4.79 Å². The van der Waals surface area contributed by atoms with E-state index < -0.39 is 30.6 Å². The van der Waals surface area contributed by atoms with Gasteiger partial charge >= 0.3 is 12.1 Å². The Bertz CT molecular complexity index is 960. The zero-order valence-electron chi connectivity index (χ0n) is 17.8. The highest BCUT2D eigenvalue weighted by Crippen LogP contribution is 2.44. The van der Waals surface area contributed by atoms with Crippen molar-refractivity contribution in [2.24, 2.45) is 0 Å². The average molecular weight is 438 g/mol. The van der Waals surface area contributed by atoms with Crippen LogP contribution in [-0.4, -0.2) is 67.4 Å². The van der Waals surface area contributed by atoms with Gasteiger partial charge in [-0.05, 0) is 22.3 Å². The number of carbonyl (C=O) groups excluding carboxylic acids is 2. The van der Waals surface area contributed by atoms with Gasteiger partial charge in [0.25, 0.3) is 0 Å². The number of nitrogens with zero attached hydrogens (tertiary/aromatic N) is 1. The molecule has 2 aromatic carbocycles. The number of aliphatic carboxylic acids is 1. The van der Waals surface area contributed by atoms with Crippen LogP contribution in [0, 0.1) is 0 Å². The standard InChI is InChI=1S/C24H26N2O6/c1-3-12-26(13-22(27)28)23(29)21(15-31-2)25-24(30)32-14-20-18-10-6-4-8-16(18)17-9-5-7-11-19(17)20/h3-11,20-21H,1,12-15H2,2H3,(H,25,30)(H,27,28)/t21-/m0/s1. The predicted molar refractivity (Wildman–Crippen MR) is 118 cm³/mol. The van der Waals surface area contributed by atoms with E-state index in [2.05, 4.69) is 11.9 Å². The molecule has 2 amide bonds. The number of nitrogens with one attached hydrogen (secondary N) is 1. The zero-order chi connectivity index (χ0) is 23.1. The number of carboxylic acids is 1. The molecular weight excluding hydrogens is 412 g/mol. The Morgan fingerprint density at radius 1 is 1.12 bits per heavy atom. The molecule has 0 fully saturated rings. The quantitative estimate of drug-likeness (QED) is 0.553. The number of carboxylic acid groups (broad SMARTS) is 1. The lowest BCUT2D eigenvalue weighted by Gasteiger charge is -2.25. The van der Waals surface area contributed by atoms with Crippen molar-refractivity contribution < 1.29 is 29.0 Å². The molecule has 1 atom stereocenters. The maximum atomic E-state index is 12.7. The maximum absolute atomic E-state index is 12.7. The number of ether oxygens (including phenoxy) is 2. The van der Waals surface area contributed by atoms with Crippen LogP contribution in [0.2, 0.25) is 0 Å². The molecule has 2 N–H and O–H groups in total. The Kier molecular flexibility index (Phi) is 7.62. The van der Waals surface area contributed by atoms with Crippen molar-refractivity contribution in [2.45, 2.75) is 12.0 Å². The highest BCUT2D eigenvalue weighted by molar-refractivity contribution is 5.88. The van der Waals surface area contributed by atoms with Crippen LogP contribution in [0.15, 0.2) is 61.2 Å². The summed E-state index contributed by atoms with van der Waals surface area (Å²) in [4.78, 5) is 37.4. The molecule has 2 aromatic rings. The molecular formula is C24H26N2O6. The normalized spacial score (nSPS) is 12.9. The largest absolute Gasteiger partial charge is 0.480 e. The van der Waals surface area contributed by atoms with Crippen LogP contribution in [0.3, 0.4) is 0 Å². The van der Waals surface area contributed by atoms with Gasteiger partial charge in [0.05, 0.1) is 6.61 Å². The molecule has 0 spiro atoms. The van der Waals surface area contributed by atoms with Gasteiger partial charge < -0.3 is 24.8 Å². The van der Waals surface area contributed by atoms with Crippen molar-refractivity contribution in [3.63, 3.8) is 0 Å². The van der Waals surface area contributed by atoms with Crippen molar-refractivity contribution >= 4 is 18.0 Å². The van der Waals surface area contributed by atoms with Gasteiger partial charge in [-0.3, -0.25) is 9.59 Å². The first-order chi connectivity index (χ1) is 15.5. The summed E-state index contributed by atoms with van der Waals surface area (Å²) < 4.78 is 10.5. The van der Waals surface area contributed by atoms with Gasteiger partial charge in [-0.1, -0.05) is 54.6 Å². The molecule has 0 saturated heterocycles. The summed E-state index contributed by atoms with van der Waals surface area (Å²) in [6.45, 7) is 3.01. The van der Waals surface area contributed by atoms with Gasteiger partial charge in [-0.2, -0.15) is 0 Å². The van der Waals surface area contributed by atoms with E-state index in [1.54, 1.807) is 0 Å². The summed E-state index contributed by atoms with van der Waals surface area (Å²) in [5, 5.41) is 11.5. The molecule has 3 rings (SSSR count). The summed E-state index contributed by atoms with van der Waals surface area (Å²) in [7, 11) is 1.38. The monoisotopic (exact) mass is 438 g/mol. The fourth-order valence-electron chi connectivity index (χ4n) is 3.90. The molecule has 0 unspecified atom stereocenters. The minimum atomic E-state index is -1.17. The molecule has 0 bridgehead atoms. The highest BCUT2D eigenvalue weighted by atomic mass is 16.5. The molecule has 8 nitrogen and oxygen atoms in total. The van der Waals surface area contributed by atoms with Gasteiger partial charge in [0.15, 0.2) is 0 Å². The molecule has 0 saturated carbocycles. The van der Waals surface area contributed by atoms with Gasteiger partial charge in [-0.15, -0.1) is 6.58 Å². The van der Waals surface area contributed by atoms with Crippen molar-refractivity contribution in [2.75, 3.05) is 33.4 Å². The molecule has 8 heteroatoms. The van der Waals surface area contributed by atoms with Crippen LogP contribution < -0.4 is 5.32 Å². The Hall–Kier alpha value is -3.65. The van der Waals surface area contributed by atoms with E-state index in [4.69, 9.17) is 14.6 Å². The number of benzene rings is 2. The summed E-state index contributed by atoms with van der Waals surface area (Å²) in [6.07, 6.45) is 0.633. The summed E-state index contributed by atoms with van der Waals surface area (Å²) >= 11 is 0. The van der Waals surface area contributed by atoms with Crippen molar-refractivity contribution in [1.29, 1.82) is 0 Å². The van der Waals surface area contributed by atoms with E-state index in [0.29, 0.717) is 0 Å². The number of rotatable bonds is 10. The minimum Gasteiger partial charge on any atom is -0.480 e. The summed E-state index contributed by atoms with van der Waals surface area (Å²) in [5.74, 6) is -1.88. The summed E-state index contributed by atoms with van der Waals surface area (Å²) in [6, 6.07) is 14.8. The number of amides is 2. The van der Waals surface area contributed by atoms with Crippen molar-refractivity contribution in [3.8, 4) is 11.1 Å². The van der Waals surface area contributed by atoms with Gasteiger partial charge in [0.2, 0.25) is 5.91 Å². The van der Waals surface area contributed by atoms with E-state index in [1.807, 2.05) is 48.5 Å². The van der Waals surface area contributed by atoms with Crippen LogP contribution in [0.5, 0.6) is 0 Å².